The monoisotopic (exact) mass is 310 g/mol. The van der Waals surface area contributed by atoms with Crippen LogP contribution in [0, 0.1) is 0 Å². The number of anilines is 1. The van der Waals surface area contributed by atoms with E-state index in [0.717, 1.165) is 17.7 Å². The van der Waals surface area contributed by atoms with Crippen molar-refractivity contribution in [2.45, 2.75) is 19.4 Å². The van der Waals surface area contributed by atoms with Crippen molar-refractivity contribution < 1.29 is 4.74 Å². The molecule has 0 amide bonds. The summed E-state index contributed by atoms with van der Waals surface area (Å²) in [7, 11) is 1.60. The number of ether oxygens (including phenoxy) is 1. The first kappa shape index (κ1) is 14.9. The molecule has 0 aliphatic carbocycles. The molecular weight excluding hydrogens is 295 g/mol. The van der Waals surface area contributed by atoms with Gasteiger partial charge in [-0.05, 0) is 36.2 Å². The molecule has 0 radical (unpaired) electrons. The van der Waals surface area contributed by atoms with E-state index < -0.39 is 0 Å². The van der Waals surface area contributed by atoms with Gasteiger partial charge in [-0.3, -0.25) is 0 Å². The third kappa shape index (κ3) is 3.35. The number of rotatable bonds is 5. The number of methoxy groups -OCH3 is 1. The zero-order valence-corrected chi connectivity index (χ0v) is 12.9. The van der Waals surface area contributed by atoms with E-state index in [2.05, 4.69) is 17.2 Å². The maximum absolute atomic E-state index is 6.08. The molecular formula is C15H16Cl2N2O. The highest BCUT2D eigenvalue weighted by atomic mass is 35.5. The quantitative estimate of drug-likeness (QED) is 0.847. The summed E-state index contributed by atoms with van der Waals surface area (Å²) >= 11 is 12.0. The van der Waals surface area contributed by atoms with Crippen LogP contribution in [0.1, 0.15) is 24.9 Å². The molecule has 1 aromatic heterocycles. The summed E-state index contributed by atoms with van der Waals surface area (Å²) in [6.07, 6.45) is 2.60. The second kappa shape index (κ2) is 6.82. The number of hydrogen-bond donors (Lipinski definition) is 1. The van der Waals surface area contributed by atoms with E-state index in [9.17, 15) is 0 Å². The van der Waals surface area contributed by atoms with Crippen molar-refractivity contribution in [2.75, 3.05) is 12.4 Å². The molecule has 2 aromatic rings. The van der Waals surface area contributed by atoms with Crippen LogP contribution in [-0.2, 0) is 0 Å². The van der Waals surface area contributed by atoms with Gasteiger partial charge >= 0.3 is 0 Å². The average molecular weight is 311 g/mol. The molecule has 1 unspecified atom stereocenters. The van der Waals surface area contributed by atoms with Crippen LogP contribution in [0.4, 0.5) is 5.69 Å². The van der Waals surface area contributed by atoms with Gasteiger partial charge < -0.3 is 10.1 Å². The lowest BCUT2D eigenvalue weighted by Crippen LogP contribution is -2.11. The number of benzene rings is 1. The minimum absolute atomic E-state index is 0.114. The minimum atomic E-state index is 0.114. The van der Waals surface area contributed by atoms with Gasteiger partial charge in [-0.2, -0.15) is 0 Å². The maximum Gasteiger partial charge on any atom is 0.237 e. The molecule has 0 aliphatic rings. The van der Waals surface area contributed by atoms with E-state index in [4.69, 9.17) is 27.9 Å². The summed E-state index contributed by atoms with van der Waals surface area (Å²) in [5.74, 6) is 0.575. The molecule has 3 nitrogen and oxygen atoms in total. The Morgan fingerprint density at radius 3 is 2.70 bits per heavy atom. The first-order valence-electron chi connectivity index (χ1n) is 6.36. The van der Waals surface area contributed by atoms with Gasteiger partial charge in [0.1, 0.15) is 0 Å². The number of halogens is 2. The fraction of sp³-hybridized carbons (Fsp3) is 0.267. The number of pyridine rings is 1. The van der Waals surface area contributed by atoms with Crippen LogP contribution in [0.25, 0.3) is 0 Å². The van der Waals surface area contributed by atoms with Gasteiger partial charge in [0.2, 0.25) is 5.88 Å². The predicted octanol–water partition coefficient (Wildman–Crippen LogP) is 4.96. The molecule has 0 saturated heterocycles. The van der Waals surface area contributed by atoms with E-state index >= 15 is 0 Å². The van der Waals surface area contributed by atoms with Crippen LogP contribution in [0.5, 0.6) is 5.88 Å². The van der Waals surface area contributed by atoms with Gasteiger partial charge in [-0.1, -0.05) is 36.2 Å². The maximum atomic E-state index is 6.08. The van der Waals surface area contributed by atoms with Gasteiger partial charge in [0.25, 0.3) is 0 Å². The van der Waals surface area contributed by atoms with E-state index in [1.165, 1.54) is 0 Å². The highest BCUT2D eigenvalue weighted by Crippen LogP contribution is 2.31. The molecule has 0 aliphatic heterocycles. The van der Waals surface area contributed by atoms with Crippen molar-refractivity contribution in [1.82, 2.24) is 4.98 Å². The average Bonchev–Trinajstić information content (AvgIpc) is 2.48. The predicted molar refractivity (Wildman–Crippen MR) is 83.9 cm³/mol. The smallest absolute Gasteiger partial charge is 0.237 e. The van der Waals surface area contributed by atoms with Crippen molar-refractivity contribution in [3.05, 3.63) is 52.1 Å². The molecule has 20 heavy (non-hydrogen) atoms. The van der Waals surface area contributed by atoms with Gasteiger partial charge in [0, 0.05) is 6.20 Å². The Kier molecular flexibility index (Phi) is 5.10. The Bertz CT molecular complexity index is 590. The van der Waals surface area contributed by atoms with Crippen LogP contribution in [0.2, 0.25) is 10.0 Å². The van der Waals surface area contributed by atoms with E-state index in [-0.39, 0.29) is 6.04 Å². The molecule has 1 aromatic carbocycles. The summed E-state index contributed by atoms with van der Waals surface area (Å²) in [6.45, 7) is 2.10. The SMILES string of the molecule is CCC(Nc1cccnc1OC)c1ccc(Cl)c(Cl)c1. The van der Waals surface area contributed by atoms with Crippen LogP contribution in [-0.4, -0.2) is 12.1 Å². The number of hydrogen-bond acceptors (Lipinski definition) is 3. The molecule has 2 rings (SSSR count). The van der Waals surface area contributed by atoms with Gasteiger partial charge in [-0.25, -0.2) is 4.98 Å². The molecule has 0 bridgehead atoms. The van der Waals surface area contributed by atoms with Crippen molar-refractivity contribution in [3.63, 3.8) is 0 Å². The van der Waals surface area contributed by atoms with Crippen LogP contribution in [0.15, 0.2) is 36.5 Å². The van der Waals surface area contributed by atoms with Crippen LogP contribution < -0.4 is 10.1 Å². The second-order valence-corrected chi connectivity index (χ2v) is 5.15. The van der Waals surface area contributed by atoms with Crippen LogP contribution in [0.3, 0.4) is 0 Å². The normalized spacial score (nSPS) is 12.0. The molecule has 0 fully saturated rings. The van der Waals surface area contributed by atoms with E-state index in [1.807, 2.05) is 30.3 Å². The standard InChI is InChI=1S/C15H16Cl2N2O/c1-3-13(10-6-7-11(16)12(17)9-10)19-14-5-4-8-18-15(14)20-2/h4-9,13,19H,3H2,1-2H3. The molecule has 1 atom stereocenters. The van der Waals surface area contributed by atoms with Crippen molar-refractivity contribution in [2.24, 2.45) is 0 Å². The number of nitrogens with zero attached hydrogens (tertiary/aromatic N) is 1. The topological polar surface area (TPSA) is 34.2 Å². The summed E-state index contributed by atoms with van der Waals surface area (Å²) in [4.78, 5) is 4.18. The van der Waals surface area contributed by atoms with Crippen molar-refractivity contribution in [3.8, 4) is 5.88 Å². The third-order valence-corrected chi connectivity index (χ3v) is 3.79. The third-order valence-electron chi connectivity index (χ3n) is 3.05. The fourth-order valence-electron chi connectivity index (χ4n) is 2.00. The molecule has 0 saturated carbocycles. The number of aromatic nitrogens is 1. The Morgan fingerprint density at radius 2 is 2.05 bits per heavy atom. The summed E-state index contributed by atoms with van der Waals surface area (Å²) in [5, 5.41) is 4.54. The van der Waals surface area contributed by atoms with Crippen molar-refractivity contribution >= 4 is 28.9 Å². The highest BCUT2D eigenvalue weighted by Gasteiger charge is 2.13. The molecule has 5 heteroatoms. The zero-order valence-electron chi connectivity index (χ0n) is 11.4. The second-order valence-electron chi connectivity index (χ2n) is 4.34. The zero-order chi connectivity index (χ0) is 14.5. The Hall–Kier alpha value is -1.45. The van der Waals surface area contributed by atoms with Gasteiger partial charge in [0.15, 0.2) is 0 Å². The molecule has 1 heterocycles. The van der Waals surface area contributed by atoms with E-state index in [1.54, 1.807) is 13.3 Å². The summed E-state index contributed by atoms with van der Waals surface area (Å²) in [6, 6.07) is 9.58. The Morgan fingerprint density at radius 1 is 1.25 bits per heavy atom. The lowest BCUT2D eigenvalue weighted by atomic mass is 10.0. The molecule has 1 N–H and O–H groups in total. The first-order chi connectivity index (χ1) is 9.65. The lowest BCUT2D eigenvalue weighted by molar-refractivity contribution is 0.399. The lowest BCUT2D eigenvalue weighted by Gasteiger charge is -2.20. The van der Waals surface area contributed by atoms with E-state index in [0.29, 0.717) is 15.9 Å². The largest absolute Gasteiger partial charge is 0.480 e. The fourth-order valence-corrected chi connectivity index (χ4v) is 2.31. The first-order valence-corrected chi connectivity index (χ1v) is 7.11. The van der Waals surface area contributed by atoms with Crippen LogP contribution >= 0.6 is 23.2 Å². The summed E-state index contributed by atoms with van der Waals surface area (Å²) < 4.78 is 5.25. The highest BCUT2D eigenvalue weighted by molar-refractivity contribution is 6.42. The molecule has 0 spiro atoms. The Labute approximate surface area is 128 Å². The van der Waals surface area contributed by atoms with Gasteiger partial charge in [-0.15, -0.1) is 0 Å². The van der Waals surface area contributed by atoms with Gasteiger partial charge in [0.05, 0.1) is 28.9 Å². The molecule has 106 valence electrons. The summed E-state index contributed by atoms with van der Waals surface area (Å²) in [5.41, 5.74) is 1.93. The Balaban J connectivity index is 2.26. The minimum Gasteiger partial charge on any atom is -0.480 e. The number of nitrogens with one attached hydrogen (secondary N) is 1. The van der Waals surface area contributed by atoms with Crippen molar-refractivity contribution in [1.29, 1.82) is 0 Å².